The van der Waals surface area contributed by atoms with Gasteiger partial charge in [-0.05, 0) is 42.1 Å². The first-order valence-corrected chi connectivity index (χ1v) is 11.8. The molecule has 2 aromatic heterocycles. The number of amides is 3. The summed E-state index contributed by atoms with van der Waals surface area (Å²) in [5.41, 5.74) is 1.83. The molecule has 1 aliphatic rings. The lowest BCUT2D eigenvalue weighted by molar-refractivity contribution is -0.124. The molecule has 3 aromatic carbocycles. The highest BCUT2D eigenvalue weighted by atomic mass is 16.5. The fourth-order valence-corrected chi connectivity index (χ4v) is 5.09. The highest BCUT2D eigenvalue weighted by Gasteiger charge is 2.48. The Morgan fingerprint density at radius 2 is 1.76 bits per heavy atom. The van der Waals surface area contributed by atoms with Gasteiger partial charge in [0.25, 0.3) is 5.91 Å². The third kappa shape index (κ3) is 3.65. The molecule has 37 heavy (non-hydrogen) atoms. The number of nitrogens with zero attached hydrogens (tertiary/aromatic N) is 2. The molecule has 8 nitrogen and oxygen atoms in total. The maximum Gasteiger partial charge on any atom is 0.322 e. The molecule has 3 N–H and O–H groups in total. The van der Waals surface area contributed by atoms with Crippen LogP contribution in [-0.2, 0) is 16.9 Å². The van der Waals surface area contributed by atoms with E-state index in [1.54, 1.807) is 30.0 Å². The second-order valence-corrected chi connectivity index (χ2v) is 9.26. The number of aromatic nitrogens is 2. The number of carbonyl (C=O) groups excluding carboxylic acids is 2. The van der Waals surface area contributed by atoms with E-state index in [9.17, 15) is 14.7 Å². The van der Waals surface area contributed by atoms with Crippen LogP contribution in [-0.4, -0.2) is 33.7 Å². The molecule has 0 aliphatic carbocycles. The number of pyridine rings is 1. The lowest BCUT2D eigenvalue weighted by Crippen LogP contribution is -2.47. The van der Waals surface area contributed by atoms with Crippen molar-refractivity contribution in [1.82, 2.24) is 20.2 Å². The zero-order valence-corrected chi connectivity index (χ0v) is 20.3. The van der Waals surface area contributed by atoms with Crippen molar-refractivity contribution >= 4 is 33.5 Å². The second kappa shape index (κ2) is 8.37. The number of fused-ring (bicyclic) bond motifs is 2. The Hall–Kier alpha value is -4.85. The van der Waals surface area contributed by atoms with Gasteiger partial charge in [-0.3, -0.25) is 15.1 Å². The van der Waals surface area contributed by atoms with E-state index in [1.807, 2.05) is 61.5 Å². The topological polar surface area (TPSA) is 105 Å². The van der Waals surface area contributed by atoms with Gasteiger partial charge in [-0.25, -0.2) is 4.79 Å². The summed E-state index contributed by atoms with van der Waals surface area (Å²) >= 11 is 0. The van der Waals surface area contributed by atoms with Gasteiger partial charge in [0.1, 0.15) is 5.75 Å². The maximum atomic E-state index is 13.2. The first-order valence-electron chi connectivity index (χ1n) is 11.8. The van der Waals surface area contributed by atoms with Crippen LogP contribution in [0.3, 0.4) is 0 Å². The Morgan fingerprint density at radius 1 is 0.973 bits per heavy atom. The number of carbonyl (C=O) groups is 2. The molecule has 8 heteroatoms. The molecule has 3 amide bonds. The number of nitrogens with one attached hydrogen (secondary N) is 2. The molecule has 1 fully saturated rings. The van der Waals surface area contributed by atoms with E-state index in [1.165, 1.54) is 0 Å². The molecule has 1 aliphatic heterocycles. The largest absolute Gasteiger partial charge is 0.497 e. The van der Waals surface area contributed by atoms with Crippen molar-refractivity contribution in [2.24, 2.45) is 0 Å². The minimum atomic E-state index is -1.41. The van der Waals surface area contributed by atoms with Gasteiger partial charge in [0.05, 0.1) is 19.3 Å². The minimum Gasteiger partial charge on any atom is -0.497 e. The Kier molecular flexibility index (Phi) is 5.12. The van der Waals surface area contributed by atoms with Crippen molar-refractivity contribution in [1.29, 1.82) is 0 Å². The standard InChI is InChI=1S/C29H24N4O4/c1-17-13-19-5-3-4-6-23(19)25(30-17)18-7-10-21(11-8-18)29(27(35)31-28(36)32-29)16-33-15-20-9-12-22(37-2)14-24(20)26(33)34/h3-15,34H,16H2,1-2H3,(H2,31,32,35,36)/t29-/m1/s1. The first kappa shape index (κ1) is 22.6. The van der Waals surface area contributed by atoms with Gasteiger partial charge in [0.15, 0.2) is 11.4 Å². The summed E-state index contributed by atoms with van der Waals surface area (Å²) in [5.74, 6) is 0.100. The van der Waals surface area contributed by atoms with E-state index in [-0.39, 0.29) is 12.4 Å². The fourth-order valence-electron chi connectivity index (χ4n) is 5.09. The number of benzene rings is 3. The number of aryl methyl sites for hydroxylation is 1. The number of imide groups is 1. The van der Waals surface area contributed by atoms with E-state index in [4.69, 9.17) is 9.72 Å². The smallest absolute Gasteiger partial charge is 0.322 e. The van der Waals surface area contributed by atoms with Crippen LogP contribution in [0.25, 0.3) is 32.8 Å². The fraction of sp³-hybridized carbons (Fsp3) is 0.138. The van der Waals surface area contributed by atoms with Crippen LogP contribution in [0, 0.1) is 6.92 Å². The average Bonchev–Trinajstić information content (AvgIpc) is 3.37. The Balaban J connectivity index is 1.43. The molecule has 3 heterocycles. The van der Waals surface area contributed by atoms with E-state index in [0.717, 1.165) is 33.1 Å². The molecule has 1 saturated heterocycles. The number of methoxy groups -OCH3 is 1. The molecule has 0 radical (unpaired) electrons. The SMILES string of the molecule is COc1ccc2cn(C[C@]3(c4ccc(-c5nc(C)cc6ccccc56)cc4)NC(=O)NC3=O)c(O)c2c1. The number of rotatable bonds is 5. The molecular weight excluding hydrogens is 468 g/mol. The van der Waals surface area contributed by atoms with E-state index in [0.29, 0.717) is 16.7 Å². The minimum absolute atomic E-state index is 0.00161. The zero-order chi connectivity index (χ0) is 25.7. The monoisotopic (exact) mass is 492 g/mol. The summed E-state index contributed by atoms with van der Waals surface area (Å²) in [7, 11) is 1.56. The molecule has 6 rings (SSSR count). The summed E-state index contributed by atoms with van der Waals surface area (Å²) in [6, 6.07) is 22.3. The van der Waals surface area contributed by atoms with Gasteiger partial charge in [-0.1, -0.05) is 48.5 Å². The summed E-state index contributed by atoms with van der Waals surface area (Å²) in [5, 5.41) is 19.6. The molecule has 184 valence electrons. The van der Waals surface area contributed by atoms with Crippen molar-refractivity contribution in [3.05, 3.63) is 90.3 Å². The molecule has 1 atom stereocenters. The summed E-state index contributed by atoms with van der Waals surface area (Å²) in [6.45, 7) is 1.96. The molecule has 0 saturated carbocycles. The van der Waals surface area contributed by atoms with Crippen molar-refractivity contribution < 1.29 is 19.4 Å². The third-order valence-electron chi connectivity index (χ3n) is 6.94. The van der Waals surface area contributed by atoms with Crippen LogP contribution in [0.15, 0.2) is 79.0 Å². The van der Waals surface area contributed by atoms with Crippen LogP contribution >= 0.6 is 0 Å². The Bertz CT molecular complexity index is 1710. The van der Waals surface area contributed by atoms with Crippen molar-refractivity contribution in [2.45, 2.75) is 19.0 Å². The quantitative estimate of drug-likeness (QED) is 0.311. The summed E-state index contributed by atoms with van der Waals surface area (Å²) in [4.78, 5) is 30.3. The van der Waals surface area contributed by atoms with Gasteiger partial charge in [0, 0.05) is 33.6 Å². The molecule has 0 spiro atoms. The maximum absolute atomic E-state index is 13.2. The van der Waals surface area contributed by atoms with E-state index >= 15 is 0 Å². The van der Waals surface area contributed by atoms with Crippen LogP contribution < -0.4 is 15.4 Å². The van der Waals surface area contributed by atoms with Crippen LogP contribution in [0.4, 0.5) is 4.79 Å². The lowest BCUT2D eigenvalue weighted by atomic mass is 9.88. The van der Waals surface area contributed by atoms with E-state index < -0.39 is 17.5 Å². The number of aromatic hydroxyl groups is 1. The molecule has 5 aromatic rings. The van der Waals surface area contributed by atoms with Gasteiger partial charge in [-0.15, -0.1) is 0 Å². The first-order chi connectivity index (χ1) is 17.9. The Labute approximate surface area is 212 Å². The number of hydrogen-bond donors (Lipinski definition) is 3. The van der Waals surface area contributed by atoms with Crippen molar-refractivity contribution in [3.8, 4) is 22.9 Å². The van der Waals surface area contributed by atoms with Crippen LogP contribution in [0.1, 0.15) is 11.3 Å². The zero-order valence-electron chi connectivity index (χ0n) is 20.3. The lowest BCUT2D eigenvalue weighted by Gasteiger charge is -2.27. The average molecular weight is 493 g/mol. The molecule has 0 bridgehead atoms. The summed E-state index contributed by atoms with van der Waals surface area (Å²) in [6.07, 6.45) is 1.75. The Morgan fingerprint density at radius 3 is 2.49 bits per heavy atom. The highest BCUT2D eigenvalue weighted by Crippen LogP contribution is 2.36. The van der Waals surface area contributed by atoms with Gasteiger partial charge < -0.3 is 19.7 Å². The third-order valence-corrected chi connectivity index (χ3v) is 6.94. The molecule has 0 unspecified atom stereocenters. The number of ether oxygens (including phenoxy) is 1. The molecular formula is C29H24N4O4. The van der Waals surface area contributed by atoms with E-state index in [2.05, 4.69) is 16.7 Å². The van der Waals surface area contributed by atoms with Gasteiger partial charge in [-0.2, -0.15) is 0 Å². The predicted molar refractivity (Wildman–Crippen MR) is 140 cm³/mol. The second-order valence-electron chi connectivity index (χ2n) is 9.26. The predicted octanol–water partition coefficient (Wildman–Crippen LogP) is 4.61. The summed E-state index contributed by atoms with van der Waals surface area (Å²) < 4.78 is 6.84. The van der Waals surface area contributed by atoms with Crippen molar-refractivity contribution in [3.63, 3.8) is 0 Å². The van der Waals surface area contributed by atoms with Crippen LogP contribution in [0.2, 0.25) is 0 Å². The van der Waals surface area contributed by atoms with Crippen LogP contribution in [0.5, 0.6) is 11.6 Å². The number of urea groups is 1. The van der Waals surface area contributed by atoms with Crippen molar-refractivity contribution in [2.75, 3.05) is 7.11 Å². The normalized spacial score (nSPS) is 17.2. The number of hydrogen-bond acceptors (Lipinski definition) is 5. The van der Waals surface area contributed by atoms with Gasteiger partial charge in [0.2, 0.25) is 0 Å². The highest BCUT2D eigenvalue weighted by molar-refractivity contribution is 6.07. The van der Waals surface area contributed by atoms with Gasteiger partial charge >= 0.3 is 6.03 Å².